The molecule has 6 heteroatoms. The molecule has 0 saturated heterocycles. The molecule has 0 amide bonds. The van der Waals surface area contributed by atoms with Crippen LogP contribution in [0.2, 0.25) is 0 Å². The van der Waals surface area contributed by atoms with E-state index in [4.69, 9.17) is 10.5 Å². The van der Waals surface area contributed by atoms with Crippen LogP contribution in [0.3, 0.4) is 0 Å². The Morgan fingerprint density at radius 2 is 2.29 bits per heavy atom. The maximum absolute atomic E-state index is 12.2. The van der Waals surface area contributed by atoms with Crippen molar-refractivity contribution in [3.8, 4) is 0 Å². The minimum atomic E-state index is -0.147. The molecule has 0 bridgehead atoms. The van der Waals surface area contributed by atoms with Gasteiger partial charge in [0.25, 0.3) is 5.56 Å². The second-order valence-electron chi connectivity index (χ2n) is 3.58. The van der Waals surface area contributed by atoms with Gasteiger partial charge in [0.15, 0.2) is 0 Å². The second kappa shape index (κ2) is 4.85. The Hall–Kier alpha value is -1.40. The standard InChI is InChI=1S/C11H12BrN3O2/c1-17-5-4-15-10(16)8-6-7(12)2-3-9(8)14-11(15)13/h2-3,6H,4-5H2,1H3,(H2,13,14). The molecule has 5 nitrogen and oxygen atoms in total. The van der Waals surface area contributed by atoms with Crippen molar-refractivity contribution in [2.24, 2.45) is 0 Å². The molecule has 1 aromatic carbocycles. The third-order valence-corrected chi connectivity index (χ3v) is 2.96. The predicted octanol–water partition coefficient (Wildman–Crippen LogP) is 1.39. The first-order chi connectivity index (χ1) is 8.13. The molecule has 0 aliphatic rings. The lowest BCUT2D eigenvalue weighted by atomic mass is 10.2. The van der Waals surface area contributed by atoms with Crippen LogP contribution in [-0.2, 0) is 11.3 Å². The summed E-state index contributed by atoms with van der Waals surface area (Å²) in [6, 6.07) is 5.33. The Morgan fingerprint density at radius 1 is 1.53 bits per heavy atom. The number of benzene rings is 1. The number of nitrogens with two attached hydrogens (primary N) is 1. The van der Waals surface area contributed by atoms with Crippen molar-refractivity contribution < 1.29 is 4.74 Å². The monoisotopic (exact) mass is 297 g/mol. The molecule has 1 heterocycles. The highest BCUT2D eigenvalue weighted by atomic mass is 79.9. The van der Waals surface area contributed by atoms with Crippen molar-refractivity contribution >= 4 is 32.8 Å². The minimum absolute atomic E-state index is 0.147. The zero-order valence-electron chi connectivity index (χ0n) is 9.31. The van der Waals surface area contributed by atoms with Gasteiger partial charge in [-0.2, -0.15) is 0 Å². The van der Waals surface area contributed by atoms with Crippen molar-refractivity contribution in [3.05, 3.63) is 33.0 Å². The van der Waals surface area contributed by atoms with Gasteiger partial charge in [-0.15, -0.1) is 0 Å². The van der Waals surface area contributed by atoms with Gasteiger partial charge in [-0.3, -0.25) is 9.36 Å². The van der Waals surface area contributed by atoms with Crippen LogP contribution in [0.5, 0.6) is 0 Å². The number of methoxy groups -OCH3 is 1. The first-order valence-electron chi connectivity index (χ1n) is 5.08. The van der Waals surface area contributed by atoms with E-state index in [-0.39, 0.29) is 11.5 Å². The molecule has 0 atom stereocenters. The van der Waals surface area contributed by atoms with E-state index in [1.54, 1.807) is 19.2 Å². The van der Waals surface area contributed by atoms with E-state index in [1.165, 1.54) is 4.57 Å². The van der Waals surface area contributed by atoms with Crippen LogP contribution in [0, 0.1) is 0 Å². The van der Waals surface area contributed by atoms with Gasteiger partial charge in [-0.25, -0.2) is 4.98 Å². The molecule has 0 spiro atoms. The minimum Gasteiger partial charge on any atom is -0.383 e. The largest absolute Gasteiger partial charge is 0.383 e. The lowest BCUT2D eigenvalue weighted by Crippen LogP contribution is -2.26. The Labute approximate surface area is 106 Å². The van der Waals surface area contributed by atoms with Crippen molar-refractivity contribution in [1.29, 1.82) is 0 Å². The van der Waals surface area contributed by atoms with Crippen LogP contribution >= 0.6 is 15.9 Å². The van der Waals surface area contributed by atoms with Crippen molar-refractivity contribution in [3.63, 3.8) is 0 Å². The van der Waals surface area contributed by atoms with E-state index < -0.39 is 0 Å². The average molecular weight is 298 g/mol. The summed E-state index contributed by atoms with van der Waals surface area (Å²) < 4.78 is 7.19. The summed E-state index contributed by atoms with van der Waals surface area (Å²) in [5.74, 6) is 0.210. The fraction of sp³-hybridized carbons (Fsp3) is 0.273. The Kier molecular flexibility index (Phi) is 3.44. The number of nitrogens with zero attached hydrogens (tertiary/aromatic N) is 2. The zero-order valence-corrected chi connectivity index (χ0v) is 10.9. The molecular formula is C11H12BrN3O2. The third-order valence-electron chi connectivity index (χ3n) is 2.46. The SMILES string of the molecule is COCCn1c(N)nc2ccc(Br)cc2c1=O. The van der Waals surface area contributed by atoms with Crippen LogP contribution in [0.1, 0.15) is 0 Å². The van der Waals surface area contributed by atoms with Crippen LogP contribution in [0.15, 0.2) is 27.5 Å². The third kappa shape index (κ3) is 2.32. The number of hydrogen-bond donors (Lipinski definition) is 1. The predicted molar refractivity (Wildman–Crippen MR) is 70.0 cm³/mol. The Morgan fingerprint density at radius 3 is 3.00 bits per heavy atom. The van der Waals surface area contributed by atoms with Gasteiger partial charge in [0.2, 0.25) is 5.95 Å². The fourth-order valence-corrected chi connectivity index (χ4v) is 1.97. The number of hydrogen-bond acceptors (Lipinski definition) is 4. The number of aromatic nitrogens is 2. The Bertz CT molecular complexity index is 609. The first kappa shape index (κ1) is 12.1. The molecule has 2 rings (SSSR count). The lowest BCUT2D eigenvalue weighted by molar-refractivity contribution is 0.186. The number of fused-ring (bicyclic) bond motifs is 1. The second-order valence-corrected chi connectivity index (χ2v) is 4.50. The normalized spacial score (nSPS) is 10.9. The summed E-state index contributed by atoms with van der Waals surface area (Å²) in [5, 5.41) is 0.546. The van der Waals surface area contributed by atoms with Gasteiger partial charge < -0.3 is 10.5 Å². The van der Waals surface area contributed by atoms with Crippen molar-refractivity contribution in [2.75, 3.05) is 19.5 Å². The van der Waals surface area contributed by atoms with Gasteiger partial charge in [0, 0.05) is 11.6 Å². The highest BCUT2D eigenvalue weighted by molar-refractivity contribution is 9.10. The van der Waals surface area contributed by atoms with E-state index in [0.717, 1.165) is 4.47 Å². The maximum Gasteiger partial charge on any atom is 0.262 e. The molecule has 0 unspecified atom stereocenters. The number of halogens is 1. The molecule has 0 aliphatic heterocycles. The molecule has 2 N–H and O–H groups in total. The van der Waals surface area contributed by atoms with Gasteiger partial charge in [-0.05, 0) is 18.2 Å². The molecule has 0 fully saturated rings. The van der Waals surface area contributed by atoms with Crippen molar-refractivity contribution in [2.45, 2.75) is 6.54 Å². The smallest absolute Gasteiger partial charge is 0.262 e. The highest BCUT2D eigenvalue weighted by Crippen LogP contribution is 2.16. The number of rotatable bonds is 3. The maximum atomic E-state index is 12.2. The summed E-state index contributed by atoms with van der Waals surface area (Å²) in [6.07, 6.45) is 0. The summed E-state index contributed by atoms with van der Waals surface area (Å²) in [5.41, 5.74) is 6.20. The quantitative estimate of drug-likeness (QED) is 0.929. The number of anilines is 1. The first-order valence-corrected chi connectivity index (χ1v) is 5.87. The average Bonchev–Trinajstić information content (AvgIpc) is 2.30. The van der Waals surface area contributed by atoms with Crippen LogP contribution in [0.25, 0.3) is 10.9 Å². The van der Waals surface area contributed by atoms with Gasteiger partial charge in [0.1, 0.15) is 0 Å². The summed E-state index contributed by atoms with van der Waals surface area (Å²) in [6.45, 7) is 0.821. The van der Waals surface area contributed by atoms with E-state index in [0.29, 0.717) is 24.1 Å². The molecule has 17 heavy (non-hydrogen) atoms. The Balaban J connectivity index is 2.65. The molecule has 0 radical (unpaired) electrons. The highest BCUT2D eigenvalue weighted by Gasteiger charge is 2.08. The summed E-state index contributed by atoms with van der Waals surface area (Å²) >= 11 is 3.33. The molecule has 1 aromatic heterocycles. The van der Waals surface area contributed by atoms with E-state index >= 15 is 0 Å². The van der Waals surface area contributed by atoms with E-state index in [2.05, 4.69) is 20.9 Å². The molecule has 90 valence electrons. The fourth-order valence-electron chi connectivity index (χ4n) is 1.61. The van der Waals surface area contributed by atoms with E-state index in [9.17, 15) is 4.79 Å². The number of nitrogen functional groups attached to an aromatic ring is 1. The summed E-state index contributed by atoms with van der Waals surface area (Å²) in [7, 11) is 1.58. The topological polar surface area (TPSA) is 70.1 Å². The molecule has 0 saturated carbocycles. The summed E-state index contributed by atoms with van der Waals surface area (Å²) in [4.78, 5) is 16.4. The molecular weight excluding hydrogens is 286 g/mol. The van der Waals surface area contributed by atoms with Gasteiger partial charge in [-0.1, -0.05) is 15.9 Å². The lowest BCUT2D eigenvalue weighted by Gasteiger charge is -2.09. The van der Waals surface area contributed by atoms with Gasteiger partial charge in [0.05, 0.1) is 24.1 Å². The zero-order chi connectivity index (χ0) is 12.4. The number of ether oxygens (including phenoxy) is 1. The van der Waals surface area contributed by atoms with Crippen molar-refractivity contribution in [1.82, 2.24) is 9.55 Å². The van der Waals surface area contributed by atoms with Crippen LogP contribution < -0.4 is 11.3 Å². The molecule has 0 aliphatic carbocycles. The van der Waals surface area contributed by atoms with Crippen LogP contribution in [-0.4, -0.2) is 23.3 Å². The molecule has 2 aromatic rings. The van der Waals surface area contributed by atoms with E-state index in [1.807, 2.05) is 6.07 Å². The van der Waals surface area contributed by atoms with Gasteiger partial charge >= 0.3 is 0 Å². The van der Waals surface area contributed by atoms with Crippen LogP contribution in [0.4, 0.5) is 5.95 Å².